The molecule has 0 radical (unpaired) electrons. The molecule has 3 aromatic rings. The maximum atomic E-state index is 13.1. The number of nitrogens with zero attached hydrogens (tertiary/aromatic N) is 2. The van der Waals surface area contributed by atoms with Gasteiger partial charge in [-0.25, -0.2) is 9.37 Å². The van der Waals surface area contributed by atoms with Gasteiger partial charge >= 0.3 is 0 Å². The van der Waals surface area contributed by atoms with Crippen molar-refractivity contribution in [1.82, 2.24) is 9.88 Å². The summed E-state index contributed by atoms with van der Waals surface area (Å²) in [6.07, 6.45) is 1.52. The van der Waals surface area contributed by atoms with Gasteiger partial charge in [-0.05, 0) is 36.8 Å². The molecule has 0 aliphatic heterocycles. The lowest BCUT2D eigenvalue weighted by Crippen LogP contribution is -2.31. The molecule has 0 aliphatic rings. The Morgan fingerprint density at radius 1 is 1.30 bits per heavy atom. The number of aromatic nitrogens is 1. The Hall–Kier alpha value is -3.00. The lowest BCUT2D eigenvalue weighted by atomic mass is 10.1. The summed E-state index contributed by atoms with van der Waals surface area (Å²) >= 11 is 1.24. The molecule has 1 unspecified atom stereocenters. The first-order chi connectivity index (χ1) is 12.9. The van der Waals surface area contributed by atoms with E-state index in [-0.39, 0.29) is 29.9 Å². The van der Waals surface area contributed by atoms with E-state index in [1.54, 1.807) is 41.6 Å². The Bertz CT molecular complexity index is 922. The van der Waals surface area contributed by atoms with Crippen LogP contribution in [0.1, 0.15) is 34.8 Å². The fraction of sp³-hybridized carbons (Fsp3) is 0.211. The minimum absolute atomic E-state index is 0.106. The number of carbonyl (C=O) groups excluding carboxylic acids is 2. The Balaban J connectivity index is 1.59. The molecule has 8 heteroatoms. The number of furan rings is 1. The Kier molecular flexibility index (Phi) is 5.66. The van der Waals surface area contributed by atoms with E-state index in [1.807, 2.05) is 6.92 Å². The molecule has 2 heterocycles. The van der Waals surface area contributed by atoms with E-state index in [1.165, 1.54) is 29.7 Å². The lowest BCUT2D eigenvalue weighted by molar-refractivity contribution is -0.131. The van der Waals surface area contributed by atoms with Gasteiger partial charge in [-0.2, -0.15) is 0 Å². The summed E-state index contributed by atoms with van der Waals surface area (Å²) in [7, 11) is 1.70. The van der Waals surface area contributed by atoms with Crippen molar-refractivity contribution in [3.8, 4) is 0 Å². The molecule has 2 amide bonds. The van der Waals surface area contributed by atoms with Crippen LogP contribution in [0.5, 0.6) is 0 Å². The molecule has 1 aromatic carbocycles. The summed E-state index contributed by atoms with van der Waals surface area (Å²) in [4.78, 5) is 30.3. The number of likely N-dealkylation sites (N-methyl/N-ethyl adjacent to an activating group) is 1. The van der Waals surface area contributed by atoms with E-state index in [4.69, 9.17) is 4.42 Å². The SMILES string of the molecule is CC(c1ccc(F)cc1)N(C)C(=O)Cc1csc(NC(=O)c2ccco2)n1. The summed E-state index contributed by atoms with van der Waals surface area (Å²) in [5.41, 5.74) is 1.41. The number of nitrogens with one attached hydrogen (secondary N) is 1. The summed E-state index contributed by atoms with van der Waals surface area (Å²) in [5.74, 6) is -0.641. The smallest absolute Gasteiger partial charge is 0.293 e. The van der Waals surface area contributed by atoms with Crippen LogP contribution in [0, 0.1) is 5.82 Å². The predicted octanol–water partition coefficient (Wildman–Crippen LogP) is 3.89. The van der Waals surface area contributed by atoms with Crippen LogP contribution in [0.4, 0.5) is 9.52 Å². The number of halogens is 1. The van der Waals surface area contributed by atoms with Crippen LogP contribution in [0.25, 0.3) is 0 Å². The van der Waals surface area contributed by atoms with Crippen LogP contribution >= 0.6 is 11.3 Å². The third kappa shape index (κ3) is 4.59. The fourth-order valence-corrected chi connectivity index (χ4v) is 3.18. The van der Waals surface area contributed by atoms with Crippen molar-refractivity contribution < 1.29 is 18.4 Å². The second-order valence-corrected chi connectivity index (χ2v) is 6.84. The highest BCUT2D eigenvalue weighted by Gasteiger charge is 2.19. The number of hydrogen-bond donors (Lipinski definition) is 1. The van der Waals surface area contributed by atoms with Gasteiger partial charge in [-0.15, -0.1) is 11.3 Å². The van der Waals surface area contributed by atoms with Gasteiger partial charge in [0.25, 0.3) is 5.91 Å². The molecule has 0 spiro atoms. The number of thiazole rings is 1. The standard InChI is InChI=1S/C19H18FN3O3S/c1-12(13-5-7-14(20)8-6-13)23(2)17(24)10-15-11-27-19(21-15)22-18(25)16-4-3-9-26-16/h3-9,11-12H,10H2,1-2H3,(H,21,22,25). The number of hydrogen-bond acceptors (Lipinski definition) is 5. The molecule has 0 saturated heterocycles. The van der Waals surface area contributed by atoms with Crippen molar-refractivity contribution in [2.45, 2.75) is 19.4 Å². The largest absolute Gasteiger partial charge is 0.459 e. The Labute approximate surface area is 159 Å². The highest BCUT2D eigenvalue weighted by molar-refractivity contribution is 7.14. The molecule has 2 aromatic heterocycles. The predicted molar refractivity (Wildman–Crippen MR) is 100 cm³/mol. The van der Waals surface area contributed by atoms with Crippen LogP contribution in [0.3, 0.4) is 0 Å². The van der Waals surface area contributed by atoms with Crippen molar-refractivity contribution >= 4 is 28.3 Å². The third-order valence-electron chi connectivity index (χ3n) is 4.18. The Morgan fingerprint density at radius 2 is 2.04 bits per heavy atom. The van der Waals surface area contributed by atoms with E-state index in [2.05, 4.69) is 10.3 Å². The summed E-state index contributed by atoms with van der Waals surface area (Å²) in [5, 5.41) is 4.76. The lowest BCUT2D eigenvalue weighted by Gasteiger charge is -2.25. The van der Waals surface area contributed by atoms with Gasteiger partial charge in [0.05, 0.1) is 24.4 Å². The molecule has 1 atom stereocenters. The second-order valence-electron chi connectivity index (χ2n) is 5.98. The van der Waals surface area contributed by atoms with Crippen LogP contribution in [-0.4, -0.2) is 28.7 Å². The van der Waals surface area contributed by atoms with Crippen molar-refractivity contribution in [3.63, 3.8) is 0 Å². The Morgan fingerprint density at radius 3 is 2.70 bits per heavy atom. The van der Waals surface area contributed by atoms with Gasteiger partial charge in [-0.1, -0.05) is 12.1 Å². The van der Waals surface area contributed by atoms with Crippen molar-refractivity contribution in [3.05, 3.63) is 70.9 Å². The van der Waals surface area contributed by atoms with Crippen molar-refractivity contribution in [2.75, 3.05) is 12.4 Å². The topological polar surface area (TPSA) is 75.4 Å². The fourth-order valence-electron chi connectivity index (χ4n) is 2.47. The molecule has 1 N–H and O–H groups in total. The van der Waals surface area contributed by atoms with E-state index >= 15 is 0 Å². The van der Waals surface area contributed by atoms with E-state index in [0.29, 0.717) is 10.8 Å². The van der Waals surface area contributed by atoms with Crippen molar-refractivity contribution in [2.24, 2.45) is 0 Å². The number of rotatable bonds is 6. The molecule has 140 valence electrons. The van der Waals surface area contributed by atoms with Crippen LogP contribution in [-0.2, 0) is 11.2 Å². The van der Waals surface area contributed by atoms with Crippen molar-refractivity contribution in [1.29, 1.82) is 0 Å². The normalized spacial score (nSPS) is 11.8. The van der Waals surface area contributed by atoms with Crippen LogP contribution < -0.4 is 5.32 Å². The molecule has 0 fully saturated rings. The van der Waals surface area contributed by atoms with Gasteiger partial charge in [0.2, 0.25) is 5.91 Å². The summed E-state index contributed by atoms with van der Waals surface area (Å²) in [6, 6.07) is 9.05. The number of carbonyl (C=O) groups is 2. The molecule has 3 rings (SSSR count). The average Bonchev–Trinajstić information content (AvgIpc) is 3.33. The molecule has 0 saturated carbocycles. The first-order valence-corrected chi connectivity index (χ1v) is 9.12. The second kappa shape index (κ2) is 8.13. The molecule has 6 nitrogen and oxygen atoms in total. The minimum Gasteiger partial charge on any atom is -0.459 e. The molecule has 27 heavy (non-hydrogen) atoms. The maximum Gasteiger partial charge on any atom is 0.293 e. The van der Waals surface area contributed by atoms with Gasteiger partial charge in [0, 0.05) is 12.4 Å². The third-order valence-corrected chi connectivity index (χ3v) is 4.98. The van der Waals surface area contributed by atoms with Crippen LogP contribution in [0.15, 0.2) is 52.5 Å². The number of amides is 2. The quantitative estimate of drug-likeness (QED) is 0.696. The highest BCUT2D eigenvalue weighted by Crippen LogP contribution is 2.21. The monoisotopic (exact) mass is 387 g/mol. The summed E-state index contributed by atoms with van der Waals surface area (Å²) < 4.78 is 18.1. The van der Waals surface area contributed by atoms with E-state index in [0.717, 1.165) is 5.56 Å². The van der Waals surface area contributed by atoms with Gasteiger partial charge in [0.15, 0.2) is 10.9 Å². The van der Waals surface area contributed by atoms with E-state index in [9.17, 15) is 14.0 Å². The first kappa shape index (κ1) is 18.8. The summed E-state index contributed by atoms with van der Waals surface area (Å²) in [6.45, 7) is 1.88. The van der Waals surface area contributed by atoms with Gasteiger partial charge in [0.1, 0.15) is 5.82 Å². The number of benzene rings is 1. The molecular weight excluding hydrogens is 369 g/mol. The molecule has 0 bridgehead atoms. The van der Waals surface area contributed by atoms with E-state index < -0.39 is 5.91 Å². The maximum absolute atomic E-state index is 13.1. The minimum atomic E-state index is -0.394. The van der Waals surface area contributed by atoms with Gasteiger partial charge < -0.3 is 9.32 Å². The first-order valence-electron chi connectivity index (χ1n) is 8.24. The zero-order chi connectivity index (χ0) is 19.4. The zero-order valence-electron chi connectivity index (χ0n) is 14.8. The number of anilines is 1. The zero-order valence-corrected chi connectivity index (χ0v) is 15.6. The molecular formula is C19H18FN3O3S. The molecule has 0 aliphatic carbocycles. The average molecular weight is 387 g/mol. The van der Waals surface area contributed by atoms with Crippen LogP contribution in [0.2, 0.25) is 0 Å². The highest BCUT2D eigenvalue weighted by atomic mass is 32.1. The van der Waals surface area contributed by atoms with Gasteiger partial charge in [-0.3, -0.25) is 14.9 Å².